The molecule has 7 heteroatoms. The number of ether oxygens (including phenoxy) is 1. The van der Waals surface area contributed by atoms with E-state index in [0.717, 1.165) is 24.2 Å². The molecule has 136 valence electrons. The van der Waals surface area contributed by atoms with E-state index in [1.807, 2.05) is 12.1 Å². The number of rotatable bonds is 4. The average molecular weight is 373 g/mol. The molecule has 0 bridgehead atoms. The van der Waals surface area contributed by atoms with Gasteiger partial charge in [0.2, 0.25) is 5.91 Å². The largest absolute Gasteiger partial charge is 0.495 e. The van der Waals surface area contributed by atoms with Gasteiger partial charge in [-0.05, 0) is 67.5 Å². The number of carbonyl (C=O) groups is 1. The summed E-state index contributed by atoms with van der Waals surface area (Å²) in [4.78, 5) is 14.0. The van der Waals surface area contributed by atoms with Gasteiger partial charge in [0.1, 0.15) is 11.6 Å². The van der Waals surface area contributed by atoms with Crippen LogP contribution >= 0.6 is 12.2 Å². The minimum atomic E-state index is -0.305. The van der Waals surface area contributed by atoms with Crippen molar-refractivity contribution < 1.29 is 13.9 Å². The van der Waals surface area contributed by atoms with Gasteiger partial charge in [-0.3, -0.25) is 4.79 Å². The van der Waals surface area contributed by atoms with Gasteiger partial charge in [-0.2, -0.15) is 0 Å². The first-order valence-corrected chi connectivity index (χ1v) is 8.79. The molecule has 5 nitrogen and oxygen atoms in total. The lowest BCUT2D eigenvalue weighted by molar-refractivity contribution is -0.119. The summed E-state index contributed by atoms with van der Waals surface area (Å²) in [6, 6.07) is 11.4. The molecular formula is C19H20FN3O2S. The third-order valence-electron chi connectivity index (χ3n) is 4.15. The minimum Gasteiger partial charge on any atom is -0.495 e. The van der Waals surface area contributed by atoms with Gasteiger partial charge >= 0.3 is 0 Å². The number of thiocarbonyl (C=S) groups is 1. The second kappa shape index (κ2) is 8.14. The lowest BCUT2D eigenvalue weighted by atomic mass is 10.1. The molecule has 1 saturated heterocycles. The molecule has 1 amide bonds. The quantitative estimate of drug-likeness (QED) is 0.788. The molecule has 2 aromatic carbocycles. The Hall–Kier alpha value is -2.67. The Morgan fingerprint density at radius 1 is 1.12 bits per heavy atom. The maximum atomic E-state index is 13.0. The van der Waals surface area contributed by atoms with Crippen LogP contribution < -0.4 is 20.3 Å². The van der Waals surface area contributed by atoms with Crippen molar-refractivity contribution in [3.63, 3.8) is 0 Å². The van der Waals surface area contributed by atoms with Crippen LogP contribution in [0.1, 0.15) is 19.3 Å². The minimum absolute atomic E-state index is 0.0960. The molecule has 2 N–H and O–H groups in total. The summed E-state index contributed by atoms with van der Waals surface area (Å²) in [5.41, 5.74) is 2.15. The van der Waals surface area contributed by atoms with Crippen molar-refractivity contribution in [1.29, 1.82) is 0 Å². The SMILES string of the molecule is COc1ccc(NC(=S)Nc2ccc(F)cc2)cc1N1CCCCC1=O. The van der Waals surface area contributed by atoms with Crippen molar-refractivity contribution in [2.75, 3.05) is 29.2 Å². The van der Waals surface area contributed by atoms with E-state index in [9.17, 15) is 9.18 Å². The van der Waals surface area contributed by atoms with Gasteiger partial charge in [-0.15, -0.1) is 0 Å². The predicted molar refractivity (Wildman–Crippen MR) is 105 cm³/mol. The van der Waals surface area contributed by atoms with Crippen LogP contribution in [-0.4, -0.2) is 24.7 Å². The molecule has 1 aliphatic heterocycles. The van der Waals surface area contributed by atoms with Crippen LogP contribution in [0.15, 0.2) is 42.5 Å². The van der Waals surface area contributed by atoms with E-state index in [-0.39, 0.29) is 11.7 Å². The highest BCUT2D eigenvalue weighted by molar-refractivity contribution is 7.80. The number of hydrogen-bond donors (Lipinski definition) is 2. The van der Waals surface area contributed by atoms with Gasteiger partial charge in [0.05, 0.1) is 12.8 Å². The fraction of sp³-hybridized carbons (Fsp3) is 0.263. The fourth-order valence-electron chi connectivity index (χ4n) is 2.87. The van der Waals surface area contributed by atoms with Crippen LogP contribution in [-0.2, 0) is 4.79 Å². The first kappa shape index (κ1) is 18.1. The zero-order chi connectivity index (χ0) is 18.5. The normalized spacial score (nSPS) is 14.1. The van der Waals surface area contributed by atoms with Crippen LogP contribution in [0.25, 0.3) is 0 Å². The highest BCUT2D eigenvalue weighted by Crippen LogP contribution is 2.33. The third kappa shape index (κ3) is 4.29. The van der Waals surface area contributed by atoms with E-state index in [4.69, 9.17) is 17.0 Å². The zero-order valence-corrected chi connectivity index (χ0v) is 15.2. The number of nitrogens with one attached hydrogen (secondary N) is 2. The van der Waals surface area contributed by atoms with Gasteiger partial charge in [0.15, 0.2) is 5.11 Å². The van der Waals surface area contributed by atoms with E-state index >= 15 is 0 Å². The van der Waals surface area contributed by atoms with Gasteiger partial charge in [0.25, 0.3) is 0 Å². The zero-order valence-electron chi connectivity index (χ0n) is 14.4. The van der Waals surface area contributed by atoms with E-state index in [1.54, 1.807) is 30.2 Å². The van der Waals surface area contributed by atoms with Gasteiger partial charge in [-0.1, -0.05) is 0 Å². The number of benzene rings is 2. The number of halogens is 1. The number of piperidine rings is 1. The van der Waals surface area contributed by atoms with Crippen LogP contribution in [0, 0.1) is 5.82 Å². The van der Waals surface area contributed by atoms with Crippen molar-refractivity contribution >= 4 is 40.3 Å². The van der Waals surface area contributed by atoms with E-state index in [1.165, 1.54) is 12.1 Å². The maximum absolute atomic E-state index is 13.0. The number of nitrogens with zero attached hydrogens (tertiary/aromatic N) is 1. The summed E-state index contributed by atoms with van der Waals surface area (Å²) in [7, 11) is 1.58. The van der Waals surface area contributed by atoms with E-state index in [0.29, 0.717) is 29.5 Å². The van der Waals surface area contributed by atoms with Crippen LogP contribution in [0.3, 0.4) is 0 Å². The monoisotopic (exact) mass is 373 g/mol. The summed E-state index contributed by atoms with van der Waals surface area (Å²) in [6.07, 6.45) is 2.43. The summed E-state index contributed by atoms with van der Waals surface area (Å²) in [6.45, 7) is 0.678. The summed E-state index contributed by atoms with van der Waals surface area (Å²) < 4.78 is 18.4. The van der Waals surface area contributed by atoms with Crippen molar-refractivity contribution in [1.82, 2.24) is 0 Å². The predicted octanol–water partition coefficient (Wildman–Crippen LogP) is 4.16. The Balaban J connectivity index is 1.75. The number of anilines is 3. The molecule has 0 aromatic heterocycles. The number of hydrogen-bond acceptors (Lipinski definition) is 3. The lowest BCUT2D eigenvalue weighted by Gasteiger charge is -2.28. The Kier molecular flexibility index (Phi) is 5.68. The molecule has 0 atom stereocenters. The number of amides is 1. The Morgan fingerprint density at radius 3 is 2.50 bits per heavy atom. The smallest absolute Gasteiger partial charge is 0.227 e. The summed E-state index contributed by atoms with van der Waals surface area (Å²) in [5, 5.41) is 6.45. The summed E-state index contributed by atoms with van der Waals surface area (Å²) in [5.74, 6) is 0.433. The van der Waals surface area contributed by atoms with Crippen LogP contribution in [0.5, 0.6) is 5.75 Å². The van der Waals surface area contributed by atoms with E-state index in [2.05, 4.69) is 10.6 Å². The van der Waals surface area contributed by atoms with Gasteiger partial charge in [0, 0.05) is 24.3 Å². The first-order valence-electron chi connectivity index (χ1n) is 8.39. The Labute approximate surface area is 157 Å². The topological polar surface area (TPSA) is 53.6 Å². The molecular weight excluding hydrogens is 353 g/mol. The molecule has 1 fully saturated rings. The molecule has 1 heterocycles. The van der Waals surface area contributed by atoms with Gasteiger partial charge < -0.3 is 20.3 Å². The summed E-state index contributed by atoms with van der Waals surface area (Å²) >= 11 is 5.31. The van der Waals surface area contributed by atoms with Crippen molar-refractivity contribution in [3.05, 3.63) is 48.3 Å². The average Bonchev–Trinajstić information content (AvgIpc) is 2.64. The second-order valence-corrected chi connectivity index (χ2v) is 6.38. The molecule has 0 aliphatic carbocycles. The van der Waals surface area contributed by atoms with Crippen LogP contribution in [0.4, 0.5) is 21.5 Å². The van der Waals surface area contributed by atoms with Crippen molar-refractivity contribution in [3.8, 4) is 5.75 Å². The maximum Gasteiger partial charge on any atom is 0.227 e. The third-order valence-corrected chi connectivity index (χ3v) is 4.36. The molecule has 0 spiro atoms. The van der Waals surface area contributed by atoms with E-state index < -0.39 is 0 Å². The Bertz CT molecular complexity index is 811. The van der Waals surface area contributed by atoms with Crippen LogP contribution in [0.2, 0.25) is 0 Å². The molecule has 0 unspecified atom stereocenters. The molecule has 3 rings (SSSR count). The van der Waals surface area contributed by atoms with Crippen molar-refractivity contribution in [2.24, 2.45) is 0 Å². The standard InChI is InChI=1S/C19H20FN3O2S/c1-25-17-10-9-15(12-16(17)23-11-3-2-4-18(23)24)22-19(26)21-14-7-5-13(20)6-8-14/h5-10,12H,2-4,11H2,1H3,(H2,21,22,26). The number of methoxy groups -OCH3 is 1. The highest BCUT2D eigenvalue weighted by atomic mass is 32.1. The molecule has 1 aliphatic rings. The molecule has 26 heavy (non-hydrogen) atoms. The molecule has 2 aromatic rings. The fourth-order valence-corrected chi connectivity index (χ4v) is 3.10. The lowest BCUT2D eigenvalue weighted by Crippen LogP contribution is -2.35. The molecule has 0 saturated carbocycles. The van der Waals surface area contributed by atoms with Crippen molar-refractivity contribution in [2.45, 2.75) is 19.3 Å². The van der Waals surface area contributed by atoms with Gasteiger partial charge in [-0.25, -0.2) is 4.39 Å². The Morgan fingerprint density at radius 2 is 1.81 bits per heavy atom. The number of carbonyl (C=O) groups excluding carboxylic acids is 1. The second-order valence-electron chi connectivity index (χ2n) is 5.98. The highest BCUT2D eigenvalue weighted by Gasteiger charge is 2.23. The molecule has 0 radical (unpaired) electrons. The first-order chi connectivity index (χ1) is 12.6.